The van der Waals surface area contributed by atoms with Crippen molar-refractivity contribution < 1.29 is 22.0 Å². The molecule has 1 aromatic heterocycles. The number of fused-ring (bicyclic) bond motifs is 1. The summed E-state index contributed by atoms with van der Waals surface area (Å²) in [6, 6.07) is 25.6. The number of aryl methyl sites for hydroxylation is 3. The third-order valence-electron chi connectivity index (χ3n) is 8.67. The maximum absolute atomic E-state index is 14.5. The van der Waals surface area contributed by atoms with Crippen molar-refractivity contribution in [2.75, 3.05) is 26.2 Å². The van der Waals surface area contributed by atoms with Crippen molar-refractivity contribution in [2.45, 2.75) is 40.2 Å². The fourth-order valence-corrected chi connectivity index (χ4v) is 6.56. The Kier molecular flexibility index (Phi) is 11.5. The molecule has 0 saturated heterocycles. The molecule has 254 valence electrons. The smallest absolute Gasteiger partial charge is 0.280 e. The second-order valence-electron chi connectivity index (χ2n) is 11.7. The van der Waals surface area contributed by atoms with E-state index in [1.165, 1.54) is 17.0 Å². The van der Waals surface area contributed by atoms with Gasteiger partial charge in [-0.15, -0.1) is 0 Å². The van der Waals surface area contributed by atoms with Crippen molar-refractivity contribution in [3.63, 3.8) is 0 Å². The standard InChI is InChI=1S/C38H38F2N4O4S/c1-4-42(5-2)23-24-43(38(49(47)48)30-19-17-28(18-20-30)27-15-13-26(3)14-16-27)35(45)25-44-33-12-7-6-10-31(33)37(46)41-34(44)22-21-29-9-8-11-32(39)36(29)40/h6-20H,4-5,21-25H2,1-3H3. The molecule has 0 spiro atoms. The zero-order valence-electron chi connectivity index (χ0n) is 27.7. The number of hydrogen-bond donors (Lipinski definition) is 0. The lowest BCUT2D eigenvalue weighted by atomic mass is 10.0. The molecule has 5 aromatic rings. The summed E-state index contributed by atoms with van der Waals surface area (Å²) in [5.41, 5.74) is 3.34. The van der Waals surface area contributed by atoms with Crippen molar-refractivity contribution in [2.24, 2.45) is 0 Å². The Labute approximate surface area is 285 Å². The maximum Gasteiger partial charge on any atom is 0.280 e. The number of halogens is 2. The molecular formula is C38H38F2N4O4S. The van der Waals surface area contributed by atoms with Gasteiger partial charge in [0, 0.05) is 25.1 Å². The molecule has 0 N–H and O–H groups in total. The largest absolute Gasteiger partial charge is 0.319 e. The van der Waals surface area contributed by atoms with Crippen LogP contribution in [0.3, 0.4) is 0 Å². The molecule has 0 saturated carbocycles. The van der Waals surface area contributed by atoms with E-state index in [0.717, 1.165) is 22.8 Å². The van der Waals surface area contributed by atoms with Crippen LogP contribution in [0, 0.1) is 18.6 Å². The topological polar surface area (TPSA) is 92.6 Å². The van der Waals surface area contributed by atoms with Gasteiger partial charge in [-0.3, -0.25) is 14.5 Å². The van der Waals surface area contributed by atoms with Gasteiger partial charge in [-0.25, -0.2) is 8.78 Å². The predicted octanol–water partition coefficient (Wildman–Crippen LogP) is 5.66. The number of nitrogens with zero attached hydrogens (tertiary/aromatic N) is 4. The number of carbonyl (C=O) groups excluding carboxylic acids is 1. The van der Waals surface area contributed by atoms with Gasteiger partial charge in [-0.1, -0.05) is 92.2 Å². The van der Waals surface area contributed by atoms with Crippen molar-refractivity contribution in [3.8, 4) is 11.1 Å². The summed E-state index contributed by atoms with van der Waals surface area (Å²) in [5, 5.41) is 0.272. The number of amides is 1. The highest BCUT2D eigenvalue weighted by atomic mass is 32.2. The van der Waals surface area contributed by atoms with Crippen LogP contribution in [-0.4, -0.2) is 64.8 Å². The highest BCUT2D eigenvalue weighted by Crippen LogP contribution is 2.22. The highest BCUT2D eigenvalue weighted by molar-refractivity contribution is 7.73. The molecule has 0 unspecified atom stereocenters. The van der Waals surface area contributed by atoms with Gasteiger partial charge < -0.3 is 9.47 Å². The van der Waals surface area contributed by atoms with Crippen LogP contribution in [0.2, 0.25) is 0 Å². The Morgan fingerprint density at radius 1 is 0.816 bits per heavy atom. The van der Waals surface area contributed by atoms with Gasteiger partial charge in [0.25, 0.3) is 5.56 Å². The Hall–Kier alpha value is -5.00. The summed E-state index contributed by atoms with van der Waals surface area (Å²) < 4.78 is 55.9. The molecule has 0 aliphatic heterocycles. The van der Waals surface area contributed by atoms with E-state index in [9.17, 15) is 26.8 Å². The maximum atomic E-state index is 14.5. The molecule has 0 atom stereocenters. The molecule has 0 bridgehead atoms. The Balaban J connectivity index is 1.54. The van der Waals surface area contributed by atoms with Gasteiger partial charge in [0.05, 0.1) is 10.9 Å². The molecule has 5 rings (SSSR count). The van der Waals surface area contributed by atoms with E-state index < -0.39 is 33.4 Å². The van der Waals surface area contributed by atoms with E-state index in [0.29, 0.717) is 30.7 Å². The second kappa shape index (κ2) is 15.9. The third kappa shape index (κ3) is 8.18. The van der Waals surface area contributed by atoms with E-state index in [2.05, 4.69) is 9.88 Å². The van der Waals surface area contributed by atoms with Crippen molar-refractivity contribution in [3.05, 3.63) is 135 Å². The molecule has 0 fully saturated rings. The van der Waals surface area contributed by atoms with E-state index in [4.69, 9.17) is 0 Å². The first-order chi connectivity index (χ1) is 23.6. The lowest BCUT2D eigenvalue weighted by Crippen LogP contribution is -2.45. The minimum absolute atomic E-state index is 0.0174. The molecular weight excluding hydrogens is 647 g/mol. The summed E-state index contributed by atoms with van der Waals surface area (Å²) in [4.78, 5) is 34.8. The van der Waals surface area contributed by atoms with Crippen LogP contribution in [0.25, 0.3) is 22.0 Å². The molecule has 49 heavy (non-hydrogen) atoms. The van der Waals surface area contributed by atoms with Crippen LogP contribution in [0.15, 0.2) is 95.8 Å². The summed E-state index contributed by atoms with van der Waals surface area (Å²) in [5.74, 6) is -2.32. The molecule has 0 aliphatic carbocycles. The monoisotopic (exact) mass is 684 g/mol. The average molecular weight is 685 g/mol. The predicted molar refractivity (Wildman–Crippen MR) is 189 cm³/mol. The van der Waals surface area contributed by atoms with E-state index in [1.54, 1.807) is 41.0 Å². The molecule has 0 radical (unpaired) electrons. The van der Waals surface area contributed by atoms with E-state index in [1.807, 2.05) is 57.2 Å². The van der Waals surface area contributed by atoms with Crippen LogP contribution in [0.4, 0.5) is 8.78 Å². The van der Waals surface area contributed by atoms with E-state index in [-0.39, 0.29) is 47.7 Å². The number of hydrogen-bond acceptors (Lipinski definition) is 6. The van der Waals surface area contributed by atoms with Gasteiger partial charge in [-0.2, -0.15) is 13.4 Å². The first-order valence-electron chi connectivity index (χ1n) is 16.2. The van der Waals surface area contributed by atoms with Crippen LogP contribution in [0.1, 0.15) is 36.4 Å². The zero-order chi connectivity index (χ0) is 35.1. The fourth-order valence-electron chi connectivity index (χ4n) is 5.86. The molecule has 4 aromatic carbocycles. The highest BCUT2D eigenvalue weighted by Gasteiger charge is 2.25. The van der Waals surface area contributed by atoms with E-state index >= 15 is 0 Å². The van der Waals surface area contributed by atoms with Gasteiger partial charge in [-0.05, 0) is 61.3 Å². The summed E-state index contributed by atoms with van der Waals surface area (Å²) >= 11 is 0. The number of carbonyl (C=O) groups is 1. The number of likely N-dealkylation sites (N-methyl/N-ethyl adjacent to an activating group) is 1. The second-order valence-corrected chi connectivity index (χ2v) is 12.6. The summed E-state index contributed by atoms with van der Waals surface area (Å²) in [6.45, 7) is 7.53. The average Bonchev–Trinajstić information content (AvgIpc) is 3.10. The Morgan fingerprint density at radius 2 is 1.47 bits per heavy atom. The van der Waals surface area contributed by atoms with Crippen molar-refractivity contribution >= 4 is 32.1 Å². The van der Waals surface area contributed by atoms with Crippen molar-refractivity contribution in [1.29, 1.82) is 0 Å². The Morgan fingerprint density at radius 3 is 2.12 bits per heavy atom. The van der Waals surface area contributed by atoms with Crippen molar-refractivity contribution in [1.82, 2.24) is 19.4 Å². The van der Waals surface area contributed by atoms with Gasteiger partial charge in [0.2, 0.25) is 16.2 Å². The first kappa shape index (κ1) is 35.3. The van der Waals surface area contributed by atoms with Gasteiger partial charge >= 0.3 is 0 Å². The van der Waals surface area contributed by atoms with Crippen LogP contribution < -0.4 is 5.56 Å². The lowest BCUT2D eigenvalue weighted by molar-refractivity contribution is -0.128. The minimum atomic E-state index is -2.80. The molecule has 1 amide bonds. The van der Waals surface area contributed by atoms with Gasteiger partial charge in [0.15, 0.2) is 16.6 Å². The summed E-state index contributed by atoms with van der Waals surface area (Å²) in [6.07, 6.45) is 0.0429. The summed E-state index contributed by atoms with van der Waals surface area (Å²) in [7, 11) is -2.80. The van der Waals surface area contributed by atoms with Crippen LogP contribution in [-0.2, 0) is 34.5 Å². The Bertz CT molecular complexity index is 2150. The van der Waals surface area contributed by atoms with Crippen LogP contribution >= 0.6 is 0 Å². The number of aromatic nitrogens is 2. The molecule has 8 nitrogen and oxygen atoms in total. The number of benzene rings is 4. The number of rotatable bonds is 12. The third-order valence-corrected chi connectivity index (χ3v) is 9.44. The van der Waals surface area contributed by atoms with Crippen LogP contribution in [0.5, 0.6) is 0 Å². The zero-order valence-corrected chi connectivity index (χ0v) is 28.5. The number of para-hydroxylation sites is 1. The molecule has 0 aliphatic rings. The minimum Gasteiger partial charge on any atom is -0.319 e. The SMILES string of the molecule is CCN(CC)CCN(C(=O)Cn1c(CCc2cccc(F)c2F)nc(=O)c2ccccc21)C(c1ccc(-c2ccc(C)cc2)cc1)=S(=O)=O. The quantitative estimate of drug-likeness (QED) is 0.158. The molecule has 11 heteroatoms. The lowest BCUT2D eigenvalue weighted by Gasteiger charge is -2.28. The fraction of sp³-hybridized carbons (Fsp3) is 0.263. The van der Waals surface area contributed by atoms with Gasteiger partial charge in [0.1, 0.15) is 12.4 Å². The first-order valence-corrected chi connectivity index (χ1v) is 17.3. The molecule has 1 heterocycles. The normalized spacial score (nSPS) is 11.2.